The minimum atomic E-state index is -0.160. The first-order chi connectivity index (χ1) is 14.0. The minimum absolute atomic E-state index is 0.0590. The lowest BCUT2D eigenvalue weighted by Gasteiger charge is -2.21. The summed E-state index contributed by atoms with van der Waals surface area (Å²) in [5, 5.41) is 1.63. The lowest BCUT2D eigenvalue weighted by atomic mass is 10.2. The van der Waals surface area contributed by atoms with E-state index in [1.807, 2.05) is 23.1 Å². The molecule has 3 rings (SSSR count). The number of rotatable bonds is 8. The van der Waals surface area contributed by atoms with E-state index in [2.05, 4.69) is 18.8 Å². The van der Waals surface area contributed by atoms with Crippen LogP contribution >= 0.6 is 23.4 Å². The monoisotopic (exact) mass is 429 g/mol. The number of amides is 1. The lowest BCUT2D eigenvalue weighted by Crippen LogP contribution is -2.34. The summed E-state index contributed by atoms with van der Waals surface area (Å²) in [5.74, 6) is 0.294. The molecule has 29 heavy (non-hydrogen) atoms. The Hall–Kier alpha value is -2.31. The second kappa shape index (κ2) is 9.94. The van der Waals surface area contributed by atoms with Crippen molar-refractivity contribution in [2.45, 2.75) is 31.8 Å². The van der Waals surface area contributed by atoms with Crippen molar-refractivity contribution in [1.29, 1.82) is 0 Å². The summed E-state index contributed by atoms with van der Waals surface area (Å²) < 4.78 is 1.56. The maximum absolute atomic E-state index is 13.2. The van der Waals surface area contributed by atoms with Crippen molar-refractivity contribution < 1.29 is 4.79 Å². The fourth-order valence-corrected chi connectivity index (χ4v) is 4.19. The second-order valence-corrected chi connectivity index (χ2v) is 8.08. The van der Waals surface area contributed by atoms with Crippen LogP contribution in [-0.4, -0.2) is 39.2 Å². The lowest BCUT2D eigenvalue weighted by molar-refractivity contribution is -0.128. The van der Waals surface area contributed by atoms with Gasteiger partial charge in [-0.25, -0.2) is 4.98 Å². The van der Waals surface area contributed by atoms with E-state index in [1.165, 1.54) is 11.8 Å². The van der Waals surface area contributed by atoms with Crippen molar-refractivity contribution in [3.05, 3.63) is 63.9 Å². The van der Waals surface area contributed by atoms with Gasteiger partial charge in [-0.15, -0.1) is 0 Å². The van der Waals surface area contributed by atoms with Crippen molar-refractivity contribution in [2.75, 3.05) is 18.8 Å². The van der Waals surface area contributed by atoms with Crippen LogP contribution in [0.3, 0.4) is 0 Å². The van der Waals surface area contributed by atoms with E-state index in [0.29, 0.717) is 26.8 Å². The molecule has 3 aromatic rings. The highest BCUT2D eigenvalue weighted by molar-refractivity contribution is 7.99. The third-order valence-electron chi connectivity index (χ3n) is 4.49. The number of hydrogen-bond donors (Lipinski definition) is 0. The smallest absolute Gasteiger partial charge is 0.266 e. The minimum Gasteiger partial charge on any atom is -0.342 e. The quantitative estimate of drug-likeness (QED) is 0.382. The number of nitrogens with zero attached hydrogens (tertiary/aromatic N) is 3. The molecule has 0 aliphatic rings. The highest BCUT2D eigenvalue weighted by atomic mass is 35.5. The van der Waals surface area contributed by atoms with Gasteiger partial charge in [0, 0.05) is 18.1 Å². The zero-order valence-electron chi connectivity index (χ0n) is 16.6. The first-order valence-corrected chi connectivity index (χ1v) is 11.1. The van der Waals surface area contributed by atoms with Gasteiger partial charge in [-0.3, -0.25) is 14.2 Å². The highest BCUT2D eigenvalue weighted by Gasteiger charge is 2.17. The molecule has 5 nitrogen and oxygen atoms in total. The number of hydrogen-bond acceptors (Lipinski definition) is 4. The van der Waals surface area contributed by atoms with Crippen LogP contribution in [0, 0.1) is 0 Å². The molecule has 0 aliphatic heterocycles. The molecule has 1 aromatic heterocycles. The number of carbonyl (C=O) groups excluding carboxylic acids is 1. The fourth-order valence-electron chi connectivity index (χ4n) is 3.15. The van der Waals surface area contributed by atoms with Crippen LogP contribution in [0.1, 0.15) is 26.7 Å². The van der Waals surface area contributed by atoms with Crippen molar-refractivity contribution in [2.24, 2.45) is 0 Å². The predicted molar refractivity (Wildman–Crippen MR) is 120 cm³/mol. The number of carbonyl (C=O) groups is 1. The normalized spacial score (nSPS) is 11.0. The number of fused-ring (bicyclic) bond motifs is 1. The number of thioether (sulfide) groups is 1. The molecular weight excluding hydrogens is 406 g/mol. The van der Waals surface area contributed by atoms with Crippen LogP contribution in [0.2, 0.25) is 5.02 Å². The first-order valence-electron chi connectivity index (χ1n) is 9.73. The van der Waals surface area contributed by atoms with Gasteiger partial charge in [0.25, 0.3) is 5.56 Å². The zero-order valence-corrected chi connectivity index (χ0v) is 18.2. The Labute approximate surface area is 179 Å². The maximum atomic E-state index is 13.2. The van der Waals surface area contributed by atoms with Crippen LogP contribution < -0.4 is 5.56 Å². The van der Waals surface area contributed by atoms with E-state index >= 15 is 0 Å². The van der Waals surface area contributed by atoms with Gasteiger partial charge in [-0.2, -0.15) is 0 Å². The van der Waals surface area contributed by atoms with Crippen LogP contribution in [0.4, 0.5) is 0 Å². The molecular formula is C22H24ClN3O2S. The summed E-state index contributed by atoms with van der Waals surface area (Å²) in [4.78, 5) is 32.5. The predicted octanol–water partition coefficient (Wildman–Crippen LogP) is 4.78. The average molecular weight is 430 g/mol. The van der Waals surface area contributed by atoms with Crippen LogP contribution in [0.25, 0.3) is 16.6 Å². The summed E-state index contributed by atoms with van der Waals surface area (Å²) in [6.07, 6.45) is 1.83. The van der Waals surface area contributed by atoms with E-state index in [1.54, 1.807) is 34.9 Å². The molecule has 0 N–H and O–H groups in total. The Morgan fingerprint density at radius 1 is 1.07 bits per heavy atom. The van der Waals surface area contributed by atoms with Crippen LogP contribution in [-0.2, 0) is 4.79 Å². The van der Waals surface area contributed by atoms with Gasteiger partial charge >= 0.3 is 0 Å². The molecule has 0 aliphatic carbocycles. The number of halogens is 1. The molecule has 0 atom stereocenters. The van der Waals surface area contributed by atoms with Gasteiger partial charge in [-0.1, -0.05) is 49.3 Å². The largest absolute Gasteiger partial charge is 0.342 e. The topological polar surface area (TPSA) is 55.2 Å². The third-order valence-corrected chi connectivity index (χ3v) is 5.67. The van der Waals surface area contributed by atoms with Gasteiger partial charge in [0.1, 0.15) is 0 Å². The van der Waals surface area contributed by atoms with E-state index in [4.69, 9.17) is 11.6 Å². The van der Waals surface area contributed by atoms with E-state index < -0.39 is 0 Å². The molecule has 0 bridgehead atoms. The average Bonchev–Trinajstić information content (AvgIpc) is 2.73. The van der Waals surface area contributed by atoms with E-state index in [9.17, 15) is 9.59 Å². The van der Waals surface area contributed by atoms with Crippen molar-refractivity contribution in [3.8, 4) is 5.69 Å². The molecule has 1 amide bonds. The first kappa shape index (κ1) is 21.4. The van der Waals surface area contributed by atoms with E-state index in [0.717, 1.165) is 25.9 Å². The maximum Gasteiger partial charge on any atom is 0.266 e. The summed E-state index contributed by atoms with van der Waals surface area (Å²) in [6, 6.07) is 14.3. The summed E-state index contributed by atoms with van der Waals surface area (Å²) in [7, 11) is 0. The SMILES string of the molecule is CCCN(CCC)C(=O)CSc1nc2ccccc2c(=O)n1-c1ccc(Cl)cc1. The van der Waals surface area contributed by atoms with Gasteiger partial charge in [0.2, 0.25) is 5.91 Å². The molecule has 0 spiro atoms. The standard InChI is InChI=1S/C22H24ClN3O2S/c1-3-13-25(14-4-2)20(27)15-29-22-24-19-8-6-5-7-18(19)21(28)26(22)17-11-9-16(23)10-12-17/h5-12H,3-4,13-15H2,1-2H3. The second-order valence-electron chi connectivity index (χ2n) is 6.70. The molecule has 0 unspecified atom stereocenters. The van der Waals surface area contributed by atoms with Crippen molar-refractivity contribution in [1.82, 2.24) is 14.5 Å². The Kier molecular flexibility index (Phi) is 7.34. The Morgan fingerprint density at radius 3 is 2.38 bits per heavy atom. The third kappa shape index (κ3) is 5.00. The van der Waals surface area contributed by atoms with Gasteiger partial charge in [0.15, 0.2) is 5.16 Å². The summed E-state index contributed by atoms with van der Waals surface area (Å²) in [5.41, 5.74) is 1.13. The Morgan fingerprint density at radius 2 is 1.72 bits per heavy atom. The Bertz CT molecular complexity index is 1040. The molecule has 0 radical (unpaired) electrons. The zero-order chi connectivity index (χ0) is 20.8. The number of aromatic nitrogens is 2. The molecule has 0 saturated heterocycles. The summed E-state index contributed by atoms with van der Waals surface area (Å²) >= 11 is 7.30. The number of para-hydroxylation sites is 1. The van der Waals surface area contributed by atoms with Gasteiger partial charge < -0.3 is 4.90 Å². The molecule has 152 valence electrons. The highest BCUT2D eigenvalue weighted by Crippen LogP contribution is 2.23. The molecule has 7 heteroatoms. The number of benzene rings is 2. The fraction of sp³-hybridized carbons (Fsp3) is 0.318. The summed E-state index contributed by atoms with van der Waals surface area (Å²) in [6.45, 7) is 5.60. The van der Waals surface area contributed by atoms with Gasteiger partial charge in [0.05, 0.1) is 22.3 Å². The molecule has 0 fully saturated rings. The molecule has 1 heterocycles. The van der Waals surface area contributed by atoms with Gasteiger partial charge in [-0.05, 0) is 49.2 Å². The van der Waals surface area contributed by atoms with Crippen molar-refractivity contribution in [3.63, 3.8) is 0 Å². The molecule has 0 saturated carbocycles. The van der Waals surface area contributed by atoms with Crippen molar-refractivity contribution >= 4 is 40.2 Å². The molecule has 2 aromatic carbocycles. The Balaban J connectivity index is 1.99. The van der Waals surface area contributed by atoms with E-state index in [-0.39, 0.29) is 17.2 Å². The van der Waals surface area contributed by atoms with Crippen LogP contribution in [0.15, 0.2) is 58.5 Å². The van der Waals surface area contributed by atoms with Crippen LogP contribution in [0.5, 0.6) is 0 Å².